The molecule has 1 heterocycles. The van der Waals surface area contributed by atoms with Crippen molar-refractivity contribution in [3.63, 3.8) is 0 Å². The molecule has 1 amide bonds. The largest absolute Gasteiger partial charge is 0.494 e. The number of ether oxygens (including phenoxy) is 2. The molecule has 0 saturated heterocycles. The van der Waals surface area contributed by atoms with Gasteiger partial charge in [0.2, 0.25) is 0 Å². The summed E-state index contributed by atoms with van der Waals surface area (Å²) >= 11 is 1.45. The van der Waals surface area contributed by atoms with Crippen LogP contribution in [0.4, 0.5) is 5.13 Å². The SMILES string of the molecule is CCOc1ccc(-c2nc(NC(=O)COc3ccccc3C(C)C)sc2C)cc1. The fourth-order valence-corrected chi connectivity index (χ4v) is 3.83. The Labute approximate surface area is 175 Å². The quantitative estimate of drug-likeness (QED) is 0.521. The van der Waals surface area contributed by atoms with Gasteiger partial charge in [-0.2, -0.15) is 0 Å². The van der Waals surface area contributed by atoms with E-state index < -0.39 is 0 Å². The van der Waals surface area contributed by atoms with Crippen LogP contribution in [0, 0.1) is 6.92 Å². The normalized spacial score (nSPS) is 10.8. The van der Waals surface area contributed by atoms with Crippen LogP contribution in [0.15, 0.2) is 48.5 Å². The van der Waals surface area contributed by atoms with Crippen LogP contribution in [0.25, 0.3) is 11.3 Å². The van der Waals surface area contributed by atoms with Gasteiger partial charge in [0.25, 0.3) is 5.91 Å². The van der Waals surface area contributed by atoms with Crippen molar-refractivity contribution in [3.8, 4) is 22.8 Å². The number of anilines is 1. The van der Waals surface area contributed by atoms with E-state index in [0.717, 1.165) is 33.2 Å². The van der Waals surface area contributed by atoms with Crippen molar-refractivity contribution in [2.45, 2.75) is 33.6 Å². The fourth-order valence-electron chi connectivity index (χ4n) is 2.98. The molecule has 0 spiro atoms. The monoisotopic (exact) mass is 410 g/mol. The lowest BCUT2D eigenvalue weighted by Crippen LogP contribution is -2.20. The third kappa shape index (κ3) is 5.35. The molecule has 0 fully saturated rings. The fraction of sp³-hybridized carbons (Fsp3) is 0.304. The molecule has 3 aromatic rings. The van der Waals surface area contributed by atoms with Gasteiger partial charge in [-0.1, -0.05) is 32.0 Å². The van der Waals surface area contributed by atoms with Crippen molar-refractivity contribution in [2.75, 3.05) is 18.5 Å². The maximum Gasteiger partial charge on any atom is 0.264 e. The number of carbonyl (C=O) groups excluding carboxylic acids is 1. The summed E-state index contributed by atoms with van der Waals surface area (Å²) in [4.78, 5) is 18.0. The van der Waals surface area contributed by atoms with Gasteiger partial charge in [-0.3, -0.25) is 10.1 Å². The second-order valence-corrected chi connectivity index (χ2v) is 8.11. The summed E-state index contributed by atoms with van der Waals surface area (Å²) in [5.74, 6) is 1.67. The predicted octanol–water partition coefficient (Wildman–Crippen LogP) is 5.66. The Bertz CT molecular complexity index is 965. The minimum Gasteiger partial charge on any atom is -0.494 e. The zero-order chi connectivity index (χ0) is 20.8. The average Bonchev–Trinajstić information content (AvgIpc) is 3.07. The van der Waals surface area contributed by atoms with E-state index >= 15 is 0 Å². The summed E-state index contributed by atoms with van der Waals surface area (Å²) < 4.78 is 11.2. The zero-order valence-electron chi connectivity index (χ0n) is 17.2. The molecule has 2 aromatic carbocycles. The molecule has 152 valence electrons. The molecule has 29 heavy (non-hydrogen) atoms. The molecule has 0 aliphatic rings. The van der Waals surface area contributed by atoms with Crippen LogP contribution >= 0.6 is 11.3 Å². The molecular formula is C23H26N2O3S. The van der Waals surface area contributed by atoms with Crippen LogP contribution < -0.4 is 14.8 Å². The Morgan fingerprint density at radius 3 is 2.52 bits per heavy atom. The summed E-state index contributed by atoms with van der Waals surface area (Å²) in [5.41, 5.74) is 2.94. The van der Waals surface area contributed by atoms with Crippen molar-refractivity contribution in [1.82, 2.24) is 4.98 Å². The standard InChI is InChI=1S/C23H26N2O3S/c1-5-27-18-12-10-17(11-13-18)22-16(4)29-23(25-22)24-21(26)14-28-20-9-7-6-8-19(20)15(2)3/h6-13,15H,5,14H2,1-4H3,(H,24,25,26). The lowest BCUT2D eigenvalue weighted by atomic mass is 10.0. The summed E-state index contributed by atoms with van der Waals surface area (Å²) in [7, 11) is 0. The maximum atomic E-state index is 12.4. The van der Waals surface area contributed by atoms with Gasteiger partial charge in [0, 0.05) is 10.4 Å². The van der Waals surface area contributed by atoms with E-state index in [9.17, 15) is 4.79 Å². The first-order valence-electron chi connectivity index (χ1n) is 9.70. The lowest BCUT2D eigenvalue weighted by molar-refractivity contribution is -0.118. The molecule has 6 heteroatoms. The van der Waals surface area contributed by atoms with Crippen molar-refractivity contribution in [2.24, 2.45) is 0 Å². The number of hydrogen-bond donors (Lipinski definition) is 1. The molecule has 0 atom stereocenters. The highest BCUT2D eigenvalue weighted by molar-refractivity contribution is 7.16. The molecule has 0 saturated carbocycles. The van der Waals surface area contributed by atoms with Crippen LogP contribution in [0.3, 0.4) is 0 Å². The Morgan fingerprint density at radius 2 is 1.83 bits per heavy atom. The number of rotatable bonds is 8. The molecule has 0 bridgehead atoms. The third-order valence-electron chi connectivity index (χ3n) is 4.38. The molecule has 0 radical (unpaired) electrons. The highest BCUT2D eigenvalue weighted by Crippen LogP contribution is 2.31. The van der Waals surface area contributed by atoms with Crippen molar-refractivity contribution in [3.05, 3.63) is 59.0 Å². The number of nitrogens with one attached hydrogen (secondary N) is 1. The zero-order valence-corrected chi connectivity index (χ0v) is 18.0. The first kappa shape index (κ1) is 20.9. The van der Waals surface area contributed by atoms with Crippen LogP contribution in [-0.2, 0) is 4.79 Å². The second-order valence-electron chi connectivity index (χ2n) is 6.91. The van der Waals surface area contributed by atoms with E-state index in [0.29, 0.717) is 17.7 Å². The van der Waals surface area contributed by atoms with Gasteiger partial charge in [0.15, 0.2) is 11.7 Å². The number of nitrogens with zero attached hydrogens (tertiary/aromatic N) is 1. The minimum atomic E-state index is -0.226. The minimum absolute atomic E-state index is 0.0548. The van der Waals surface area contributed by atoms with Crippen LogP contribution in [0.1, 0.15) is 37.1 Å². The molecule has 5 nitrogen and oxygen atoms in total. The first-order valence-corrected chi connectivity index (χ1v) is 10.5. The summed E-state index contributed by atoms with van der Waals surface area (Å²) in [6.45, 7) is 8.73. The number of hydrogen-bond acceptors (Lipinski definition) is 5. The number of para-hydroxylation sites is 1. The smallest absolute Gasteiger partial charge is 0.264 e. The van der Waals surface area contributed by atoms with Crippen molar-refractivity contribution in [1.29, 1.82) is 0 Å². The Morgan fingerprint density at radius 1 is 1.10 bits per heavy atom. The highest BCUT2D eigenvalue weighted by Gasteiger charge is 2.14. The van der Waals surface area contributed by atoms with E-state index in [1.807, 2.05) is 62.4 Å². The summed E-state index contributed by atoms with van der Waals surface area (Å²) in [6, 6.07) is 15.6. The summed E-state index contributed by atoms with van der Waals surface area (Å²) in [5, 5.41) is 3.41. The van der Waals surface area contributed by atoms with E-state index in [-0.39, 0.29) is 12.5 Å². The molecule has 0 aliphatic heterocycles. The van der Waals surface area contributed by atoms with Gasteiger partial charge < -0.3 is 9.47 Å². The number of aryl methyl sites for hydroxylation is 1. The molecule has 3 rings (SSSR count). The van der Waals surface area contributed by atoms with E-state index in [1.165, 1.54) is 11.3 Å². The first-order chi connectivity index (χ1) is 14.0. The van der Waals surface area contributed by atoms with Gasteiger partial charge in [-0.15, -0.1) is 11.3 Å². The molecule has 0 aliphatic carbocycles. The molecule has 1 aromatic heterocycles. The Hall–Kier alpha value is -2.86. The highest BCUT2D eigenvalue weighted by atomic mass is 32.1. The van der Waals surface area contributed by atoms with E-state index in [1.54, 1.807) is 0 Å². The Kier molecular flexibility index (Phi) is 6.88. The van der Waals surface area contributed by atoms with Gasteiger partial charge in [-0.25, -0.2) is 4.98 Å². The molecule has 1 N–H and O–H groups in total. The van der Waals surface area contributed by atoms with Gasteiger partial charge >= 0.3 is 0 Å². The average molecular weight is 411 g/mol. The van der Waals surface area contributed by atoms with Crippen molar-refractivity contribution < 1.29 is 14.3 Å². The number of aromatic nitrogens is 1. The number of amides is 1. The van der Waals surface area contributed by atoms with Crippen molar-refractivity contribution >= 4 is 22.4 Å². The second kappa shape index (κ2) is 9.56. The van der Waals surface area contributed by atoms with Gasteiger partial charge in [-0.05, 0) is 55.7 Å². The number of benzene rings is 2. The van der Waals surface area contributed by atoms with Gasteiger partial charge in [0.05, 0.1) is 12.3 Å². The van der Waals surface area contributed by atoms with Crippen LogP contribution in [-0.4, -0.2) is 24.1 Å². The summed E-state index contributed by atoms with van der Waals surface area (Å²) in [6.07, 6.45) is 0. The maximum absolute atomic E-state index is 12.4. The van der Waals surface area contributed by atoms with Crippen LogP contribution in [0.5, 0.6) is 11.5 Å². The predicted molar refractivity (Wildman–Crippen MR) is 118 cm³/mol. The Balaban J connectivity index is 1.64. The number of carbonyl (C=O) groups is 1. The lowest BCUT2D eigenvalue weighted by Gasteiger charge is -2.13. The number of thiazole rings is 1. The van der Waals surface area contributed by atoms with E-state index in [2.05, 4.69) is 24.1 Å². The topological polar surface area (TPSA) is 60.5 Å². The molecule has 0 unspecified atom stereocenters. The van der Waals surface area contributed by atoms with Crippen LogP contribution in [0.2, 0.25) is 0 Å². The molecular weight excluding hydrogens is 384 g/mol. The van der Waals surface area contributed by atoms with E-state index in [4.69, 9.17) is 9.47 Å². The third-order valence-corrected chi connectivity index (χ3v) is 5.27. The van der Waals surface area contributed by atoms with Gasteiger partial charge in [0.1, 0.15) is 11.5 Å².